The molecule has 1 heterocycles. The van der Waals surface area contributed by atoms with Gasteiger partial charge in [0.25, 0.3) is 0 Å². The summed E-state index contributed by atoms with van der Waals surface area (Å²) in [7, 11) is 0. The number of oxime groups is 1. The van der Waals surface area contributed by atoms with Crippen molar-refractivity contribution in [3.63, 3.8) is 0 Å². The predicted octanol–water partition coefficient (Wildman–Crippen LogP) is 2.77. The molecule has 13 heavy (non-hydrogen) atoms. The van der Waals surface area contributed by atoms with Gasteiger partial charge >= 0.3 is 0 Å². The van der Waals surface area contributed by atoms with E-state index in [0.717, 1.165) is 21.4 Å². The molecular weight excluding hydrogens is 206 g/mol. The average Bonchev–Trinajstić information content (AvgIpc) is 2.19. The molecule has 1 aliphatic heterocycles. The third kappa shape index (κ3) is 2.17. The first-order chi connectivity index (χ1) is 6.36. The molecule has 0 N–H and O–H groups in total. The van der Waals surface area contributed by atoms with Gasteiger partial charge in [0.2, 0.25) is 0 Å². The number of benzene rings is 1. The van der Waals surface area contributed by atoms with Crippen LogP contribution in [0.1, 0.15) is 5.56 Å². The number of halogens is 1. The summed E-state index contributed by atoms with van der Waals surface area (Å²) in [5.74, 6) is 0.950. The molecular formula is C9H8ClNOS. The minimum atomic E-state index is 0.689. The van der Waals surface area contributed by atoms with Crippen LogP contribution in [0.15, 0.2) is 29.4 Å². The van der Waals surface area contributed by atoms with Gasteiger partial charge in [0.15, 0.2) is 0 Å². The van der Waals surface area contributed by atoms with Gasteiger partial charge in [-0.3, -0.25) is 0 Å². The largest absolute Gasteiger partial charge is 0.394 e. The highest BCUT2D eigenvalue weighted by atomic mass is 35.5. The molecule has 2 nitrogen and oxygen atoms in total. The van der Waals surface area contributed by atoms with Gasteiger partial charge in [0.1, 0.15) is 11.7 Å². The Kier molecular flexibility index (Phi) is 2.76. The third-order valence-corrected chi connectivity index (χ3v) is 2.82. The fourth-order valence-corrected chi connectivity index (χ4v) is 2.00. The molecule has 0 aliphatic carbocycles. The molecule has 2 rings (SSSR count). The van der Waals surface area contributed by atoms with E-state index in [-0.39, 0.29) is 0 Å². The van der Waals surface area contributed by atoms with Crippen molar-refractivity contribution in [3.05, 3.63) is 34.9 Å². The Bertz CT molecular complexity index is 340. The Morgan fingerprint density at radius 2 is 2.38 bits per heavy atom. The standard InChI is InChI=1S/C9H8ClNOS/c10-8-3-1-2-7(6-8)9-11-12-4-5-13-9/h1-3,6H,4-5H2. The van der Waals surface area contributed by atoms with Crippen LogP contribution >= 0.6 is 23.4 Å². The number of hydrogen-bond acceptors (Lipinski definition) is 3. The smallest absolute Gasteiger partial charge is 0.143 e. The van der Waals surface area contributed by atoms with Crippen molar-refractivity contribution >= 4 is 28.4 Å². The predicted molar refractivity (Wildman–Crippen MR) is 56.4 cm³/mol. The SMILES string of the molecule is Clc1cccc(C2=NOCCS2)c1. The second-order valence-corrected chi connectivity index (χ2v) is 4.11. The highest BCUT2D eigenvalue weighted by molar-refractivity contribution is 8.14. The van der Waals surface area contributed by atoms with Crippen molar-refractivity contribution < 1.29 is 4.84 Å². The topological polar surface area (TPSA) is 21.6 Å². The van der Waals surface area contributed by atoms with Crippen LogP contribution in [0.4, 0.5) is 0 Å². The summed E-state index contributed by atoms with van der Waals surface area (Å²) in [6.07, 6.45) is 0. The molecule has 4 heteroatoms. The number of thioether (sulfide) groups is 1. The zero-order chi connectivity index (χ0) is 9.10. The fourth-order valence-electron chi connectivity index (χ4n) is 1.06. The molecule has 0 fully saturated rings. The molecule has 0 atom stereocenters. The number of nitrogens with zero attached hydrogens (tertiary/aromatic N) is 1. The lowest BCUT2D eigenvalue weighted by molar-refractivity contribution is 0.160. The van der Waals surface area contributed by atoms with E-state index in [2.05, 4.69) is 5.16 Å². The molecule has 1 aliphatic rings. The summed E-state index contributed by atoms with van der Waals surface area (Å²) < 4.78 is 0. The van der Waals surface area contributed by atoms with Crippen molar-refractivity contribution in [1.82, 2.24) is 0 Å². The Balaban J connectivity index is 2.29. The summed E-state index contributed by atoms with van der Waals surface area (Å²) in [4.78, 5) is 5.00. The lowest BCUT2D eigenvalue weighted by atomic mass is 10.2. The van der Waals surface area contributed by atoms with E-state index >= 15 is 0 Å². The first-order valence-corrected chi connectivity index (χ1v) is 5.31. The number of hydrogen-bond donors (Lipinski definition) is 0. The summed E-state index contributed by atoms with van der Waals surface area (Å²) >= 11 is 7.55. The summed E-state index contributed by atoms with van der Waals surface area (Å²) in [5.41, 5.74) is 1.03. The first kappa shape index (κ1) is 8.91. The Hall–Kier alpha value is -0.670. The fraction of sp³-hybridized carbons (Fsp3) is 0.222. The maximum Gasteiger partial charge on any atom is 0.143 e. The van der Waals surface area contributed by atoms with Gasteiger partial charge in [-0.15, -0.1) is 0 Å². The zero-order valence-electron chi connectivity index (χ0n) is 6.87. The van der Waals surface area contributed by atoms with Crippen molar-refractivity contribution in [1.29, 1.82) is 0 Å². The highest BCUT2D eigenvalue weighted by Crippen LogP contribution is 2.20. The Labute approximate surface area is 85.9 Å². The van der Waals surface area contributed by atoms with Crippen molar-refractivity contribution in [2.45, 2.75) is 0 Å². The van der Waals surface area contributed by atoms with Gasteiger partial charge in [-0.1, -0.05) is 40.7 Å². The summed E-state index contributed by atoms with van der Waals surface area (Å²) in [6.45, 7) is 0.689. The van der Waals surface area contributed by atoms with E-state index in [1.165, 1.54) is 0 Å². The van der Waals surface area contributed by atoms with Crippen LogP contribution in [0.25, 0.3) is 0 Å². The van der Waals surface area contributed by atoms with Crippen LogP contribution in [0, 0.1) is 0 Å². The van der Waals surface area contributed by atoms with Gasteiger partial charge in [0.05, 0.1) is 0 Å². The monoisotopic (exact) mass is 213 g/mol. The lowest BCUT2D eigenvalue weighted by Crippen LogP contribution is -2.07. The normalized spacial score (nSPS) is 16.2. The zero-order valence-corrected chi connectivity index (χ0v) is 8.44. The van der Waals surface area contributed by atoms with Crippen LogP contribution in [-0.4, -0.2) is 17.4 Å². The van der Waals surface area contributed by atoms with Gasteiger partial charge in [-0.2, -0.15) is 0 Å². The van der Waals surface area contributed by atoms with Crippen LogP contribution in [0.2, 0.25) is 5.02 Å². The van der Waals surface area contributed by atoms with E-state index in [0.29, 0.717) is 6.61 Å². The summed E-state index contributed by atoms with van der Waals surface area (Å²) in [5, 5.41) is 5.60. The lowest BCUT2D eigenvalue weighted by Gasteiger charge is -2.10. The second-order valence-electron chi connectivity index (χ2n) is 2.59. The van der Waals surface area contributed by atoms with E-state index in [1.807, 2.05) is 24.3 Å². The average molecular weight is 214 g/mol. The van der Waals surface area contributed by atoms with E-state index in [1.54, 1.807) is 11.8 Å². The Morgan fingerprint density at radius 3 is 3.08 bits per heavy atom. The van der Waals surface area contributed by atoms with Gasteiger partial charge in [-0.25, -0.2) is 0 Å². The Morgan fingerprint density at radius 1 is 1.46 bits per heavy atom. The molecule has 0 amide bonds. The molecule has 0 saturated heterocycles. The first-order valence-electron chi connectivity index (χ1n) is 3.95. The van der Waals surface area contributed by atoms with Crippen LogP contribution in [0.5, 0.6) is 0 Å². The maximum absolute atomic E-state index is 5.86. The van der Waals surface area contributed by atoms with Gasteiger partial charge in [0, 0.05) is 16.3 Å². The van der Waals surface area contributed by atoms with Crippen LogP contribution < -0.4 is 0 Å². The molecule has 0 aromatic heterocycles. The third-order valence-electron chi connectivity index (χ3n) is 1.63. The number of rotatable bonds is 1. The summed E-state index contributed by atoms with van der Waals surface area (Å²) in [6, 6.07) is 7.63. The highest BCUT2D eigenvalue weighted by Gasteiger charge is 2.09. The molecule has 68 valence electrons. The minimum absolute atomic E-state index is 0.689. The van der Waals surface area contributed by atoms with Crippen LogP contribution in [0.3, 0.4) is 0 Å². The van der Waals surface area contributed by atoms with E-state index in [4.69, 9.17) is 16.4 Å². The van der Waals surface area contributed by atoms with Crippen LogP contribution in [-0.2, 0) is 4.84 Å². The molecule has 1 aromatic carbocycles. The molecule has 0 spiro atoms. The van der Waals surface area contributed by atoms with Gasteiger partial charge < -0.3 is 4.84 Å². The van der Waals surface area contributed by atoms with Crippen molar-refractivity contribution in [2.24, 2.45) is 5.16 Å². The van der Waals surface area contributed by atoms with E-state index < -0.39 is 0 Å². The molecule has 0 unspecified atom stereocenters. The minimum Gasteiger partial charge on any atom is -0.394 e. The second kappa shape index (κ2) is 4.03. The molecule has 1 aromatic rings. The van der Waals surface area contributed by atoms with Gasteiger partial charge in [-0.05, 0) is 12.1 Å². The molecule has 0 saturated carbocycles. The molecule has 0 bridgehead atoms. The van der Waals surface area contributed by atoms with Crippen molar-refractivity contribution in [3.8, 4) is 0 Å². The maximum atomic E-state index is 5.86. The van der Waals surface area contributed by atoms with Crippen molar-refractivity contribution in [2.75, 3.05) is 12.4 Å². The molecule has 0 radical (unpaired) electrons. The van der Waals surface area contributed by atoms with E-state index in [9.17, 15) is 0 Å². The quantitative estimate of drug-likeness (QED) is 0.716.